The van der Waals surface area contributed by atoms with Crippen LogP contribution in [0.3, 0.4) is 0 Å². The Morgan fingerprint density at radius 1 is 1.20 bits per heavy atom. The Kier molecular flexibility index (Phi) is 5.95. The molecule has 1 rings (SSSR count). The molecule has 82 valence electrons. The van der Waals surface area contributed by atoms with E-state index in [9.17, 15) is 4.79 Å². The summed E-state index contributed by atoms with van der Waals surface area (Å²) in [7, 11) is 0. The highest BCUT2D eigenvalue weighted by Gasteiger charge is 2.03. The second-order valence-electron chi connectivity index (χ2n) is 3.04. The molecular formula is C11H12Br2O2. The molecule has 0 aliphatic rings. The second-order valence-corrected chi connectivity index (χ2v) is 4.40. The smallest absolute Gasteiger partial charge is 0.311 e. The molecule has 2 nitrogen and oxygen atoms in total. The lowest BCUT2D eigenvalue weighted by Gasteiger charge is -2.03. The van der Waals surface area contributed by atoms with Crippen LogP contribution in [0.5, 0.6) is 5.75 Å². The average molecular weight is 336 g/mol. The number of halogens is 2. The maximum atomic E-state index is 11.3. The SMILES string of the molecule is O=C(CCCBr)Oc1ccc(CBr)cc1. The molecule has 0 saturated heterocycles. The van der Waals surface area contributed by atoms with Crippen LogP contribution in [-0.2, 0) is 10.1 Å². The predicted molar refractivity (Wildman–Crippen MR) is 67.7 cm³/mol. The molecule has 0 saturated carbocycles. The van der Waals surface area contributed by atoms with E-state index in [1.54, 1.807) is 0 Å². The minimum atomic E-state index is -0.180. The highest BCUT2D eigenvalue weighted by Crippen LogP contribution is 2.14. The van der Waals surface area contributed by atoms with Gasteiger partial charge in [0.15, 0.2) is 0 Å². The Labute approximate surface area is 106 Å². The predicted octanol–water partition coefficient (Wildman–Crippen LogP) is 3.66. The summed E-state index contributed by atoms with van der Waals surface area (Å²) >= 11 is 6.62. The summed E-state index contributed by atoms with van der Waals surface area (Å²) in [6, 6.07) is 7.48. The zero-order chi connectivity index (χ0) is 11.1. The molecule has 0 aliphatic carbocycles. The van der Waals surface area contributed by atoms with Gasteiger partial charge < -0.3 is 4.74 Å². The molecule has 0 spiro atoms. The average Bonchev–Trinajstić information content (AvgIpc) is 2.27. The van der Waals surface area contributed by atoms with Crippen molar-refractivity contribution in [3.8, 4) is 5.75 Å². The van der Waals surface area contributed by atoms with E-state index < -0.39 is 0 Å². The quantitative estimate of drug-likeness (QED) is 0.466. The zero-order valence-corrected chi connectivity index (χ0v) is 11.4. The molecule has 0 N–H and O–H groups in total. The fourth-order valence-corrected chi connectivity index (χ4v) is 1.69. The van der Waals surface area contributed by atoms with Gasteiger partial charge in [-0.1, -0.05) is 44.0 Å². The third-order valence-corrected chi connectivity index (χ3v) is 3.03. The van der Waals surface area contributed by atoms with E-state index in [1.807, 2.05) is 24.3 Å². The monoisotopic (exact) mass is 334 g/mol. The third kappa shape index (κ3) is 4.80. The van der Waals surface area contributed by atoms with Crippen molar-refractivity contribution in [3.63, 3.8) is 0 Å². The first kappa shape index (κ1) is 12.7. The Bertz CT molecular complexity index is 309. The first-order chi connectivity index (χ1) is 7.26. The highest BCUT2D eigenvalue weighted by molar-refractivity contribution is 9.09. The Balaban J connectivity index is 2.46. The summed E-state index contributed by atoms with van der Waals surface area (Å²) < 4.78 is 5.14. The minimum Gasteiger partial charge on any atom is -0.427 e. The summed E-state index contributed by atoms with van der Waals surface area (Å²) in [4.78, 5) is 11.3. The van der Waals surface area contributed by atoms with Gasteiger partial charge >= 0.3 is 5.97 Å². The molecule has 0 fully saturated rings. The van der Waals surface area contributed by atoms with Crippen molar-refractivity contribution in [2.45, 2.75) is 18.2 Å². The zero-order valence-electron chi connectivity index (χ0n) is 8.21. The number of benzene rings is 1. The molecule has 0 bridgehead atoms. The number of carbonyl (C=O) groups excluding carboxylic acids is 1. The number of carbonyl (C=O) groups is 1. The van der Waals surface area contributed by atoms with Crippen molar-refractivity contribution in [2.24, 2.45) is 0 Å². The molecule has 4 heteroatoms. The van der Waals surface area contributed by atoms with Crippen LogP contribution in [-0.4, -0.2) is 11.3 Å². The molecule has 0 amide bonds. The van der Waals surface area contributed by atoms with Gasteiger partial charge in [-0.25, -0.2) is 0 Å². The van der Waals surface area contributed by atoms with E-state index in [-0.39, 0.29) is 5.97 Å². The van der Waals surface area contributed by atoms with Crippen LogP contribution in [0.1, 0.15) is 18.4 Å². The summed E-state index contributed by atoms with van der Waals surface area (Å²) in [5, 5.41) is 1.63. The Morgan fingerprint density at radius 3 is 2.40 bits per heavy atom. The van der Waals surface area contributed by atoms with Crippen molar-refractivity contribution in [3.05, 3.63) is 29.8 Å². The molecule has 1 aromatic carbocycles. The van der Waals surface area contributed by atoms with Gasteiger partial charge in [0.05, 0.1) is 0 Å². The van der Waals surface area contributed by atoms with Gasteiger partial charge in [-0.05, 0) is 24.1 Å². The molecule has 0 radical (unpaired) electrons. The van der Waals surface area contributed by atoms with Crippen molar-refractivity contribution in [1.29, 1.82) is 0 Å². The summed E-state index contributed by atoms with van der Waals surface area (Å²) in [6.07, 6.45) is 1.25. The van der Waals surface area contributed by atoms with Crippen LogP contribution < -0.4 is 4.74 Å². The van der Waals surface area contributed by atoms with Crippen LogP contribution in [0.25, 0.3) is 0 Å². The van der Waals surface area contributed by atoms with Gasteiger partial charge in [-0.3, -0.25) is 4.79 Å². The number of ether oxygens (including phenoxy) is 1. The van der Waals surface area contributed by atoms with E-state index in [2.05, 4.69) is 31.9 Å². The van der Waals surface area contributed by atoms with Crippen molar-refractivity contribution in [2.75, 3.05) is 5.33 Å². The minimum absolute atomic E-state index is 0.180. The van der Waals surface area contributed by atoms with Crippen molar-refractivity contribution < 1.29 is 9.53 Å². The summed E-state index contributed by atoms with van der Waals surface area (Å²) in [6.45, 7) is 0. The third-order valence-electron chi connectivity index (χ3n) is 1.82. The van der Waals surface area contributed by atoms with Gasteiger partial charge in [0, 0.05) is 17.1 Å². The van der Waals surface area contributed by atoms with Gasteiger partial charge in [0.2, 0.25) is 0 Å². The molecule has 0 unspecified atom stereocenters. The molecule has 0 atom stereocenters. The lowest BCUT2D eigenvalue weighted by molar-refractivity contribution is -0.134. The second kappa shape index (κ2) is 7.01. The van der Waals surface area contributed by atoms with Crippen LogP contribution in [0.4, 0.5) is 0 Å². The highest BCUT2D eigenvalue weighted by atomic mass is 79.9. The maximum Gasteiger partial charge on any atom is 0.311 e. The van der Waals surface area contributed by atoms with Crippen LogP contribution in [0.2, 0.25) is 0 Å². The summed E-state index contributed by atoms with van der Waals surface area (Å²) in [5.41, 5.74) is 1.16. The van der Waals surface area contributed by atoms with E-state index in [0.29, 0.717) is 12.2 Å². The lowest BCUT2D eigenvalue weighted by Crippen LogP contribution is -2.07. The van der Waals surface area contributed by atoms with E-state index in [4.69, 9.17) is 4.74 Å². The first-order valence-electron chi connectivity index (χ1n) is 4.68. The van der Waals surface area contributed by atoms with Crippen molar-refractivity contribution >= 4 is 37.8 Å². The Morgan fingerprint density at radius 2 is 1.87 bits per heavy atom. The van der Waals surface area contributed by atoms with E-state index >= 15 is 0 Å². The first-order valence-corrected chi connectivity index (χ1v) is 6.92. The fraction of sp³-hybridized carbons (Fsp3) is 0.364. The molecular weight excluding hydrogens is 324 g/mol. The standard InChI is InChI=1S/C11H12Br2O2/c12-7-1-2-11(14)15-10-5-3-9(8-13)4-6-10/h3-6H,1-2,7-8H2. The normalized spacial score (nSPS) is 10.0. The lowest BCUT2D eigenvalue weighted by atomic mass is 10.2. The van der Waals surface area contributed by atoms with Crippen LogP contribution in [0.15, 0.2) is 24.3 Å². The number of esters is 1. The topological polar surface area (TPSA) is 26.3 Å². The van der Waals surface area contributed by atoms with Gasteiger partial charge in [0.1, 0.15) is 5.75 Å². The fourth-order valence-electron chi connectivity index (χ4n) is 1.04. The number of hydrogen-bond donors (Lipinski definition) is 0. The summed E-state index contributed by atoms with van der Waals surface area (Å²) in [5.74, 6) is 0.431. The van der Waals surface area contributed by atoms with Crippen molar-refractivity contribution in [1.82, 2.24) is 0 Å². The number of rotatable bonds is 5. The molecule has 15 heavy (non-hydrogen) atoms. The van der Waals surface area contributed by atoms with Crippen LogP contribution in [0, 0.1) is 0 Å². The van der Waals surface area contributed by atoms with E-state index in [1.165, 1.54) is 0 Å². The number of alkyl halides is 2. The molecule has 0 aliphatic heterocycles. The molecule has 0 heterocycles. The Hall–Kier alpha value is -0.350. The van der Waals surface area contributed by atoms with Gasteiger partial charge in [-0.15, -0.1) is 0 Å². The number of hydrogen-bond acceptors (Lipinski definition) is 2. The molecule has 1 aromatic rings. The van der Waals surface area contributed by atoms with Gasteiger partial charge in [0.25, 0.3) is 0 Å². The van der Waals surface area contributed by atoms with Crippen LogP contribution >= 0.6 is 31.9 Å². The van der Waals surface area contributed by atoms with Gasteiger partial charge in [-0.2, -0.15) is 0 Å². The largest absolute Gasteiger partial charge is 0.427 e. The molecule has 0 aromatic heterocycles. The van der Waals surface area contributed by atoms with E-state index in [0.717, 1.165) is 22.6 Å². The maximum absolute atomic E-state index is 11.3.